The normalized spacial score (nSPS) is 11.8. The van der Waals surface area contributed by atoms with Gasteiger partial charge in [0.2, 0.25) is 10.0 Å². The average molecular weight is 404 g/mol. The lowest BCUT2D eigenvalue weighted by Gasteiger charge is -2.08. The Balaban J connectivity index is 0.00000289. The lowest BCUT2D eigenvalue weighted by atomic mass is 10.6. The number of halogens is 1. The second-order valence-corrected chi connectivity index (χ2v) is 6.02. The summed E-state index contributed by atoms with van der Waals surface area (Å²) in [6.45, 7) is 0.777. The summed E-state index contributed by atoms with van der Waals surface area (Å²) in [6, 6.07) is 3.29. The van der Waals surface area contributed by atoms with E-state index in [1.54, 1.807) is 31.6 Å². The van der Waals surface area contributed by atoms with Crippen molar-refractivity contribution in [1.82, 2.24) is 15.4 Å². The van der Waals surface area contributed by atoms with Gasteiger partial charge in [-0.15, -0.1) is 35.3 Å². The van der Waals surface area contributed by atoms with Gasteiger partial charge in [0, 0.05) is 27.2 Å². The first kappa shape index (κ1) is 17.6. The quantitative estimate of drug-likeness (QED) is 0.288. The number of nitrogens with one attached hydrogen (secondary N) is 3. The van der Waals surface area contributed by atoms with Gasteiger partial charge in [0.05, 0.1) is 0 Å². The zero-order valence-electron chi connectivity index (χ0n) is 10.1. The van der Waals surface area contributed by atoms with E-state index in [0.717, 1.165) is 0 Å². The number of rotatable bonds is 5. The molecule has 0 radical (unpaired) electrons. The lowest BCUT2D eigenvalue weighted by molar-refractivity contribution is 0.583. The lowest BCUT2D eigenvalue weighted by Crippen LogP contribution is -2.39. The predicted octanol–water partition coefficient (Wildman–Crippen LogP) is 0.439. The molecule has 104 valence electrons. The summed E-state index contributed by atoms with van der Waals surface area (Å²) in [4.78, 5) is 3.91. The number of thiophene rings is 1. The average Bonchev–Trinajstić information content (AvgIpc) is 2.83. The molecule has 18 heavy (non-hydrogen) atoms. The van der Waals surface area contributed by atoms with Crippen LogP contribution in [0.1, 0.15) is 0 Å². The molecular weight excluding hydrogens is 387 g/mol. The van der Waals surface area contributed by atoms with Crippen molar-refractivity contribution < 1.29 is 8.42 Å². The summed E-state index contributed by atoms with van der Waals surface area (Å²) in [7, 11) is 0.0286. The van der Waals surface area contributed by atoms with E-state index in [1.165, 1.54) is 11.3 Å². The van der Waals surface area contributed by atoms with Crippen molar-refractivity contribution in [3.05, 3.63) is 17.5 Å². The Hall–Kier alpha value is -0.390. The molecule has 0 atom stereocenters. The molecule has 0 amide bonds. The van der Waals surface area contributed by atoms with E-state index in [4.69, 9.17) is 0 Å². The van der Waals surface area contributed by atoms with Crippen LogP contribution in [0.2, 0.25) is 0 Å². The van der Waals surface area contributed by atoms with E-state index >= 15 is 0 Å². The van der Waals surface area contributed by atoms with E-state index in [1.807, 2.05) is 0 Å². The molecule has 0 saturated heterocycles. The first-order valence-corrected chi connectivity index (χ1v) is 7.38. The summed E-state index contributed by atoms with van der Waals surface area (Å²) >= 11 is 1.20. The van der Waals surface area contributed by atoms with E-state index in [0.29, 0.717) is 23.3 Å². The molecule has 0 aliphatic rings. The van der Waals surface area contributed by atoms with Gasteiger partial charge in [-0.3, -0.25) is 4.99 Å². The predicted molar refractivity (Wildman–Crippen MR) is 85.3 cm³/mol. The van der Waals surface area contributed by atoms with Crippen LogP contribution in [0.4, 0.5) is 0 Å². The van der Waals surface area contributed by atoms with Gasteiger partial charge in [0.15, 0.2) is 5.96 Å². The first-order chi connectivity index (χ1) is 8.10. The van der Waals surface area contributed by atoms with Gasteiger partial charge in [0.1, 0.15) is 4.21 Å². The van der Waals surface area contributed by atoms with E-state index < -0.39 is 10.0 Å². The van der Waals surface area contributed by atoms with Crippen molar-refractivity contribution >= 4 is 51.3 Å². The second kappa shape index (κ2) is 8.67. The third-order valence-electron chi connectivity index (χ3n) is 1.93. The first-order valence-electron chi connectivity index (χ1n) is 5.01. The van der Waals surface area contributed by atoms with E-state index in [-0.39, 0.29) is 24.0 Å². The zero-order valence-corrected chi connectivity index (χ0v) is 14.1. The minimum absolute atomic E-state index is 0. The molecule has 1 aromatic rings. The summed E-state index contributed by atoms with van der Waals surface area (Å²) in [5.74, 6) is 0.625. The number of hydrogen-bond acceptors (Lipinski definition) is 4. The highest BCUT2D eigenvalue weighted by Crippen LogP contribution is 2.14. The van der Waals surface area contributed by atoms with Gasteiger partial charge in [-0.05, 0) is 11.4 Å². The highest BCUT2D eigenvalue weighted by atomic mass is 127. The number of guanidine groups is 1. The molecule has 0 aromatic carbocycles. The molecule has 9 heteroatoms. The topological polar surface area (TPSA) is 82.6 Å². The van der Waals surface area contributed by atoms with Crippen LogP contribution in [0.25, 0.3) is 0 Å². The van der Waals surface area contributed by atoms with Crippen LogP contribution >= 0.6 is 35.3 Å². The molecule has 0 unspecified atom stereocenters. The minimum Gasteiger partial charge on any atom is -0.359 e. The molecule has 1 heterocycles. The SMILES string of the molecule is CN=C(NC)NCCNS(=O)(=O)c1cccs1.I. The molecule has 0 spiro atoms. The van der Waals surface area contributed by atoms with Crippen LogP contribution in [-0.4, -0.2) is 41.6 Å². The van der Waals surface area contributed by atoms with Gasteiger partial charge in [-0.1, -0.05) is 6.07 Å². The molecule has 0 aliphatic heterocycles. The minimum atomic E-state index is -3.36. The molecule has 3 N–H and O–H groups in total. The number of hydrogen-bond donors (Lipinski definition) is 3. The monoisotopic (exact) mass is 404 g/mol. The zero-order chi connectivity index (χ0) is 12.7. The Morgan fingerprint density at radius 1 is 1.44 bits per heavy atom. The van der Waals surface area contributed by atoms with Gasteiger partial charge in [-0.2, -0.15) is 0 Å². The molecule has 0 saturated carbocycles. The van der Waals surface area contributed by atoms with E-state index in [2.05, 4.69) is 20.3 Å². The standard InChI is InChI=1S/C9H16N4O2S2.HI/c1-10-9(11-2)12-5-6-13-17(14,15)8-4-3-7-16-8;/h3-4,7,13H,5-6H2,1-2H3,(H2,10,11,12);1H. The Labute approximate surface area is 128 Å². The van der Waals surface area contributed by atoms with Gasteiger partial charge in [-0.25, -0.2) is 13.1 Å². The Bertz CT molecular complexity index is 459. The van der Waals surface area contributed by atoms with Crippen LogP contribution in [0.15, 0.2) is 26.7 Å². The summed E-state index contributed by atoms with van der Waals surface area (Å²) < 4.78 is 26.2. The highest BCUT2D eigenvalue weighted by molar-refractivity contribution is 14.0. The van der Waals surface area contributed by atoms with E-state index in [9.17, 15) is 8.42 Å². The van der Waals surface area contributed by atoms with Crippen LogP contribution in [0, 0.1) is 0 Å². The fourth-order valence-corrected chi connectivity index (χ4v) is 3.20. The number of sulfonamides is 1. The summed E-state index contributed by atoms with van der Waals surface area (Å²) in [5, 5.41) is 7.52. The largest absolute Gasteiger partial charge is 0.359 e. The fraction of sp³-hybridized carbons (Fsp3) is 0.444. The summed E-state index contributed by atoms with van der Waals surface area (Å²) in [6.07, 6.45) is 0. The molecule has 0 fully saturated rings. The molecular formula is C9H17IN4O2S2. The van der Waals surface area contributed by atoms with Crippen molar-refractivity contribution in [2.24, 2.45) is 4.99 Å². The third kappa shape index (κ3) is 5.50. The maximum absolute atomic E-state index is 11.7. The van der Waals surface area contributed by atoms with Crippen LogP contribution in [0.5, 0.6) is 0 Å². The van der Waals surface area contributed by atoms with Crippen molar-refractivity contribution in [2.45, 2.75) is 4.21 Å². The third-order valence-corrected chi connectivity index (χ3v) is 4.79. The van der Waals surface area contributed by atoms with Crippen molar-refractivity contribution in [3.8, 4) is 0 Å². The van der Waals surface area contributed by atoms with Crippen LogP contribution < -0.4 is 15.4 Å². The van der Waals surface area contributed by atoms with Gasteiger partial charge >= 0.3 is 0 Å². The van der Waals surface area contributed by atoms with Crippen LogP contribution in [0.3, 0.4) is 0 Å². The molecule has 0 bridgehead atoms. The molecule has 6 nitrogen and oxygen atoms in total. The number of nitrogens with zero attached hydrogens (tertiary/aromatic N) is 1. The van der Waals surface area contributed by atoms with Crippen LogP contribution in [-0.2, 0) is 10.0 Å². The van der Waals surface area contributed by atoms with Gasteiger partial charge < -0.3 is 10.6 Å². The fourth-order valence-electron chi connectivity index (χ4n) is 1.13. The van der Waals surface area contributed by atoms with Gasteiger partial charge in [0.25, 0.3) is 0 Å². The maximum atomic E-state index is 11.7. The summed E-state index contributed by atoms with van der Waals surface area (Å²) in [5.41, 5.74) is 0. The Kier molecular flexibility index (Phi) is 8.48. The maximum Gasteiger partial charge on any atom is 0.250 e. The second-order valence-electron chi connectivity index (χ2n) is 3.08. The molecule has 0 aliphatic carbocycles. The molecule has 1 rings (SSSR count). The van der Waals surface area contributed by atoms with Crippen molar-refractivity contribution in [1.29, 1.82) is 0 Å². The Morgan fingerprint density at radius 3 is 2.67 bits per heavy atom. The van der Waals surface area contributed by atoms with Crippen molar-refractivity contribution in [3.63, 3.8) is 0 Å². The Morgan fingerprint density at radius 2 is 2.17 bits per heavy atom. The van der Waals surface area contributed by atoms with Crippen molar-refractivity contribution in [2.75, 3.05) is 27.2 Å². The smallest absolute Gasteiger partial charge is 0.250 e. The highest BCUT2D eigenvalue weighted by Gasteiger charge is 2.13. The number of aliphatic imine (C=N–C) groups is 1. The molecule has 1 aromatic heterocycles.